The lowest BCUT2D eigenvalue weighted by Crippen LogP contribution is -2.26. The Morgan fingerprint density at radius 1 is 1.50 bits per heavy atom. The maximum absolute atomic E-state index is 10.9. The van der Waals surface area contributed by atoms with Crippen molar-refractivity contribution >= 4 is 11.9 Å². The molecule has 5 nitrogen and oxygen atoms in total. The van der Waals surface area contributed by atoms with Crippen LogP contribution in [0.4, 0.5) is 0 Å². The van der Waals surface area contributed by atoms with E-state index in [0.29, 0.717) is 5.69 Å². The number of carbonyl (C=O) groups is 2. The molecule has 0 aliphatic rings. The van der Waals surface area contributed by atoms with Crippen LogP contribution in [0.25, 0.3) is 0 Å². The normalized spacial score (nSPS) is 12.4. The Kier molecular flexibility index (Phi) is 2.60. The second-order valence-electron chi connectivity index (χ2n) is 3.11. The molecule has 1 atom stereocenters. The molecule has 0 bridgehead atoms. The number of nitrogens with two attached hydrogens (primary N) is 1. The summed E-state index contributed by atoms with van der Waals surface area (Å²) < 4.78 is 1.41. The number of nitrogens with zero attached hydrogens (tertiary/aromatic N) is 1. The Morgan fingerprint density at radius 2 is 2.07 bits per heavy atom. The van der Waals surface area contributed by atoms with Crippen LogP contribution in [-0.2, 0) is 4.79 Å². The first kappa shape index (κ1) is 10.3. The number of carboxylic acids is 1. The zero-order valence-corrected chi connectivity index (χ0v) is 8.02. The fourth-order valence-corrected chi connectivity index (χ4v) is 1.37. The van der Waals surface area contributed by atoms with Crippen LogP contribution in [0.15, 0.2) is 12.1 Å². The molecule has 1 unspecified atom stereocenters. The van der Waals surface area contributed by atoms with Gasteiger partial charge in [0, 0.05) is 5.69 Å². The number of hydrogen-bond donors (Lipinski definition) is 2. The topological polar surface area (TPSA) is 85.3 Å². The summed E-state index contributed by atoms with van der Waals surface area (Å²) in [5.74, 6) is -1.61. The van der Waals surface area contributed by atoms with E-state index in [1.54, 1.807) is 19.9 Å². The van der Waals surface area contributed by atoms with Crippen LogP contribution in [0, 0.1) is 6.92 Å². The lowest BCUT2D eigenvalue weighted by atomic mass is 10.3. The average Bonchev–Trinajstić information content (AvgIpc) is 2.45. The molecular formula is C9H12N2O3. The predicted molar refractivity (Wildman–Crippen MR) is 50.0 cm³/mol. The molecule has 0 aliphatic heterocycles. The number of aromatic carboxylic acids is 1. The van der Waals surface area contributed by atoms with Crippen molar-refractivity contribution in [3.63, 3.8) is 0 Å². The first-order chi connectivity index (χ1) is 6.45. The molecule has 5 heteroatoms. The summed E-state index contributed by atoms with van der Waals surface area (Å²) >= 11 is 0. The van der Waals surface area contributed by atoms with Crippen molar-refractivity contribution in [1.82, 2.24) is 4.57 Å². The maximum atomic E-state index is 10.9. The largest absolute Gasteiger partial charge is 0.477 e. The van der Waals surface area contributed by atoms with Gasteiger partial charge in [0.2, 0.25) is 5.91 Å². The lowest BCUT2D eigenvalue weighted by molar-refractivity contribution is -0.120. The summed E-state index contributed by atoms with van der Waals surface area (Å²) in [6, 6.07) is 2.45. The molecule has 0 spiro atoms. The molecule has 0 saturated heterocycles. The van der Waals surface area contributed by atoms with Crippen molar-refractivity contribution in [1.29, 1.82) is 0 Å². The second kappa shape index (κ2) is 3.53. The van der Waals surface area contributed by atoms with Gasteiger partial charge in [-0.2, -0.15) is 0 Å². The quantitative estimate of drug-likeness (QED) is 0.739. The van der Waals surface area contributed by atoms with Crippen molar-refractivity contribution in [2.75, 3.05) is 0 Å². The first-order valence-electron chi connectivity index (χ1n) is 4.15. The van der Waals surface area contributed by atoms with Crippen molar-refractivity contribution in [3.05, 3.63) is 23.5 Å². The molecule has 76 valence electrons. The molecule has 0 saturated carbocycles. The van der Waals surface area contributed by atoms with Crippen LogP contribution >= 0.6 is 0 Å². The number of hydrogen-bond acceptors (Lipinski definition) is 2. The van der Waals surface area contributed by atoms with Crippen LogP contribution in [0.3, 0.4) is 0 Å². The molecule has 1 heterocycles. The number of rotatable bonds is 3. The molecule has 0 radical (unpaired) electrons. The van der Waals surface area contributed by atoms with Gasteiger partial charge in [0.25, 0.3) is 0 Å². The zero-order chi connectivity index (χ0) is 10.9. The number of aryl methyl sites for hydroxylation is 1. The molecule has 0 fully saturated rings. The molecule has 3 N–H and O–H groups in total. The molecule has 1 amide bonds. The second-order valence-corrected chi connectivity index (χ2v) is 3.11. The Hall–Kier alpha value is -1.78. The lowest BCUT2D eigenvalue weighted by Gasteiger charge is -2.14. The third-order valence-corrected chi connectivity index (χ3v) is 2.14. The third-order valence-electron chi connectivity index (χ3n) is 2.14. The molecule has 14 heavy (non-hydrogen) atoms. The Morgan fingerprint density at radius 3 is 2.50 bits per heavy atom. The maximum Gasteiger partial charge on any atom is 0.352 e. The first-order valence-corrected chi connectivity index (χ1v) is 4.15. The summed E-state index contributed by atoms with van der Waals surface area (Å²) in [7, 11) is 0. The highest BCUT2D eigenvalue weighted by atomic mass is 16.4. The van der Waals surface area contributed by atoms with Gasteiger partial charge in [-0.05, 0) is 26.0 Å². The van der Waals surface area contributed by atoms with Gasteiger partial charge in [-0.15, -0.1) is 0 Å². The number of carbonyl (C=O) groups excluding carboxylic acids is 1. The van der Waals surface area contributed by atoms with Crippen LogP contribution in [0.1, 0.15) is 29.1 Å². The summed E-state index contributed by atoms with van der Waals surface area (Å²) in [5, 5.41) is 8.84. The molecular weight excluding hydrogens is 184 g/mol. The van der Waals surface area contributed by atoms with E-state index in [0.717, 1.165) is 0 Å². The SMILES string of the molecule is Cc1ccc(C(=O)O)n1C(C)C(N)=O. The monoisotopic (exact) mass is 196 g/mol. The summed E-state index contributed by atoms with van der Waals surface area (Å²) in [5.41, 5.74) is 5.89. The van der Waals surface area contributed by atoms with E-state index in [1.165, 1.54) is 10.6 Å². The van der Waals surface area contributed by atoms with Gasteiger partial charge in [0.05, 0.1) is 0 Å². The molecule has 1 rings (SSSR count). The van der Waals surface area contributed by atoms with Crippen molar-refractivity contribution in [2.45, 2.75) is 19.9 Å². The van der Waals surface area contributed by atoms with Crippen LogP contribution < -0.4 is 5.73 Å². The van der Waals surface area contributed by atoms with Crippen molar-refractivity contribution in [2.24, 2.45) is 5.73 Å². The average molecular weight is 196 g/mol. The van der Waals surface area contributed by atoms with E-state index in [2.05, 4.69) is 0 Å². The highest BCUT2D eigenvalue weighted by Crippen LogP contribution is 2.15. The van der Waals surface area contributed by atoms with Gasteiger partial charge in [0.15, 0.2) is 0 Å². The highest BCUT2D eigenvalue weighted by Gasteiger charge is 2.19. The number of primary amides is 1. The summed E-state index contributed by atoms with van der Waals surface area (Å²) in [6.45, 7) is 3.30. The zero-order valence-electron chi connectivity index (χ0n) is 8.02. The van der Waals surface area contributed by atoms with E-state index in [-0.39, 0.29) is 5.69 Å². The minimum atomic E-state index is -1.06. The fourth-order valence-electron chi connectivity index (χ4n) is 1.37. The molecule has 1 aromatic heterocycles. The van der Waals surface area contributed by atoms with Crippen LogP contribution in [0.5, 0.6) is 0 Å². The van der Waals surface area contributed by atoms with Crippen molar-refractivity contribution in [3.8, 4) is 0 Å². The fraction of sp³-hybridized carbons (Fsp3) is 0.333. The van der Waals surface area contributed by atoms with Gasteiger partial charge >= 0.3 is 5.97 Å². The Bertz CT molecular complexity index is 381. The van der Waals surface area contributed by atoms with E-state index in [4.69, 9.17) is 10.8 Å². The van der Waals surface area contributed by atoms with Gasteiger partial charge < -0.3 is 15.4 Å². The van der Waals surface area contributed by atoms with Gasteiger partial charge in [-0.1, -0.05) is 0 Å². The van der Waals surface area contributed by atoms with E-state index < -0.39 is 17.9 Å². The van der Waals surface area contributed by atoms with Gasteiger partial charge in [0.1, 0.15) is 11.7 Å². The van der Waals surface area contributed by atoms with Crippen molar-refractivity contribution < 1.29 is 14.7 Å². The van der Waals surface area contributed by atoms with E-state index in [1.807, 2.05) is 0 Å². The third kappa shape index (κ3) is 1.61. The highest BCUT2D eigenvalue weighted by molar-refractivity contribution is 5.87. The number of carboxylic acid groups (broad SMARTS) is 1. The Balaban J connectivity index is 3.24. The minimum absolute atomic E-state index is 0.0776. The molecule has 0 aliphatic carbocycles. The number of amides is 1. The van der Waals surface area contributed by atoms with E-state index in [9.17, 15) is 9.59 Å². The molecule has 0 aromatic carbocycles. The summed E-state index contributed by atoms with van der Waals surface area (Å²) in [4.78, 5) is 21.7. The van der Waals surface area contributed by atoms with Crippen LogP contribution in [-0.4, -0.2) is 21.6 Å². The van der Waals surface area contributed by atoms with Crippen LogP contribution in [0.2, 0.25) is 0 Å². The summed E-state index contributed by atoms with van der Waals surface area (Å²) in [6.07, 6.45) is 0. The smallest absolute Gasteiger partial charge is 0.352 e. The number of aromatic nitrogens is 1. The van der Waals surface area contributed by atoms with E-state index >= 15 is 0 Å². The minimum Gasteiger partial charge on any atom is -0.477 e. The van der Waals surface area contributed by atoms with Gasteiger partial charge in [-0.3, -0.25) is 4.79 Å². The Labute approximate surface area is 81.1 Å². The molecule has 1 aromatic rings. The predicted octanol–water partition coefficient (Wildman–Crippen LogP) is 0.541. The standard InChI is InChI=1S/C9H12N2O3/c1-5-3-4-7(9(13)14)11(5)6(2)8(10)12/h3-4,6H,1-2H3,(H2,10,12)(H,13,14). The van der Waals surface area contributed by atoms with Gasteiger partial charge in [-0.25, -0.2) is 4.79 Å².